The first-order valence-corrected chi connectivity index (χ1v) is 12.3. The molecule has 1 amide bonds. The zero-order chi connectivity index (χ0) is 27.4. The number of fused-ring (bicyclic) bond motifs is 2. The summed E-state index contributed by atoms with van der Waals surface area (Å²) in [6, 6.07) is 8.35. The minimum atomic E-state index is -4.57. The molecule has 0 saturated heterocycles. The van der Waals surface area contributed by atoms with Gasteiger partial charge in [-0.15, -0.1) is 4.59 Å². The van der Waals surface area contributed by atoms with Gasteiger partial charge in [-0.1, -0.05) is 12.1 Å². The first-order chi connectivity index (χ1) is 18.7. The third kappa shape index (κ3) is 4.17. The lowest BCUT2D eigenvalue weighted by molar-refractivity contribution is -0.750. The number of hydrogen-bond acceptors (Lipinski definition) is 6. The molecule has 3 N–H and O–H groups in total. The summed E-state index contributed by atoms with van der Waals surface area (Å²) in [6.45, 7) is 0. The zero-order valence-corrected chi connectivity index (χ0v) is 20.9. The van der Waals surface area contributed by atoms with E-state index in [1.54, 1.807) is 42.9 Å². The van der Waals surface area contributed by atoms with Crippen molar-refractivity contribution in [2.75, 3.05) is 5.32 Å². The molecule has 3 aromatic rings. The summed E-state index contributed by atoms with van der Waals surface area (Å²) < 4.78 is 41.1. The second-order valence-electron chi connectivity index (χ2n) is 9.60. The van der Waals surface area contributed by atoms with Crippen molar-refractivity contribution in [1.29, 1.82) is 0 Å². The molecule has 0 fully saturated rings. The van der Waals surface area contributed by atoms with E-state index in [4.69, 9.17) is 10.8 Å². The third-order valence-corrected chi connectivity index (χ3v) is 7.27. The molecule has 198 valence electrons. The van der Waals surface area contributed by atoms with Gasteiger partial charge in [-0.25, -0.2) is 4.98 Å². The number of carbonyl (C=O) groups excluding carboxylic acids is 1. The van der Waals surface area contributed by atoms with Gasteiger partial charge in [0.2, 0.25) is 5.70 Å². The number of nitrogens with zero attached hydrogens (tertiary/aromatic N) is 6. The standard InChI is InChI=1S/C27H23F3N8O/c1-37-21-8-4-7-17(20(21)14-34-37)24-22-15-32-11-12-38(22,31)25(36-24)18-5-2-3-6-19(18)26(39)35-23-13-16(9-10-33-23)27(28,29)30/h2-3,5-6,9-15,17H,4,7-8,31H2,1H3/p+1. The maximum atomic E-state index is 13.4. The largest absolute Gasteiger partial charge is 0.416 e. The Kier molecular flexibility index (Phi) is 5.81. The predicted molar refractivity (Wildman–Crippen MR) is 138 cm³/mol. The number of nitrogens with two attached hydrogens (primary N) is 1. The van der Waals surface area contributed by atoms with Gasteiger partial charge in [-0.3, -0.25) is 14.5 Å². The third-order valence-electron chi connectivity index (χ3n) is 7.27. The molecular weight excluding hydrogens is 509 g/mol. The molecule has 9 nitrogen and oxygen atoms in total. The Hall–Kier alpha value is -4.42. The number of aromatic nitrogens is 3. The van der Waals surface area contributed by atoms with Gasteiger partial charge in [0.1, 0.15) is 17.7 Å². The topological polar surface area (TPSA) is 111 Å². The van der Waals surface area contributed by atoms with Crippen molar-refractivity contribution in [2.24, 2.45) is 22.9 Å². The number of halogens is 3. The Balaban J connectivity index is 1.40. The predicted octanol–water partition coefficient (Wildman–Crippen LogP) is 4.42. The van der Waals surface area contributed by atoms with Gasteiger partial charge in [0.15, 0.2) is 0 Å². The summed E-state index contributed by atoms with van der Waals surface area (Å²) in [7, 11) is 1.92. The van der Waals surface area contributed by atoms with E-state index in [0.29, 0.717) is 17.1 Å². The number of pyridine rings is 1. The smallest absolute Gasteiger partial charge is 0.307 e. The summed E-state index contributed by atoms with van der Waals surface area (Å²) >= 11 is 0. The minimum absolute atomic E-state index is 0.0516. The number of nitrogens with one attached hydrogen (secondary N) is 1. The van der Waals surface area contributed by atoms with Crippen LogP contribution in [0.25, 0.3) is 0 Å². The quantitative estimate of drug-likeness (QED) is 0.382. The number of allylic oxidation sites excluding steroid dienone is 2. The average Bonchev–Trinajstić information content (AvgIpc) is 3.45. The number of carbonyl (C=O) groups is 1. The monoisotopic (exact) mass is 533 g/mol. The van der Waals surface area contributed by atoms with Crippen LogP contribution in [-0.4, -0.2) is 37.3 Å². The lowest BCUT2D eigenvalue weighted by atomic mass is 9.84. The number of amidine groups is 1. The Morgan fingerprint density at radius 3 is 2.87 bits per heavy atom. The number of anilines is 1. The molecule has 1 aromatic carbocycles. The van der Waals surface area contributed by atoms with Gasteiger partial charge in [-0.2, -0.15) is 29.1 Å². The molecule has 6 rings (SSSR count). The van der Waals surface area contributed by atoms with Crippen LogP contribution in [0.4, 0.5) is 19.0 Å². The van der Waals surface area contributed by atoms with Gasteiger partial charge in [0.05, 0.1) is 35.3 Å². The second kappa shape index (κ2) is 9.10. The van der Waals surface area contributed by atoms with Crippen molar-refractivity contribution in [3.8, 4) is 0 Å². The van der Waals surface area contributed by atoms with Crippen LogP contribution in [0.1, 0.15) is 51.5 Å². The highest BCUT2D eigenvalue weighted by atomic mass is 19.4. The van der Waals surface area contributed by atoms with Crippen LogP contribution in [0.2, 0.25) is 0 Å². The number of rotatable bonds is 4. The van der Waals surface area contributed by atoms with Crippen LogP contribution in [0.15, 0.2) is 82.6 Å². The Bertz CT molecular complexity index is 1620. The maximum absolute atomic E-state index is 13.4. The Morgan fingerprint density at radius 2 is 2.05 bits per heavy atom. The lowest BCUT2D eigenvalue weighted by Crippen LogP contribution is -2.53. The molecular formula is C27H24F3N8O+. The fourth-order valence-corrected chi connectivity index (χ4v) is 5.37. The molecule has 0 saturated carbocycles. The highest BCUT2D eigenvalue weighted by Crippen LogP contribution is 2.44. The van der Waals surface area contributed by atoms with Gasteiger partial charge >= 0.3 is 6.18 Å². The molecule has 4 heterocycles. The average molecular weight is 534 g/mol. The van der Waals surface area contributed by atoms with E-state index in [2.05, 4.69) is 20.4 Å². The van der Waals surface area contributed by atoms with Crippen LogP contribution in [0.3, 0.4) is 0 Å². The highest BCUT2D eigenvalue weighted by molar-refractivity contribution is 6.13. The number of quaternary nitrogens is 1. The van der Waals surface area contributed by atoms with Crippen molar-refractivity contribution in [1.82, 2.24) is 14.8 Å². The van der Waals surface area contributed by atoms with Gasteiger partial charge in [0, 0.05) is 30.4 Å². The number of aliphatic imine (C=N–C) groups is 2. The number of hydrogen-bond donors (Lipinski definition) is 2. The van der Waals surface area contributed by atoms with Crippen LogP contribution in [0, 0.1) is 0 Å². The number of amides is 1. The molecule has 39 heavy (non-hydrogen) atoms. The second-order valence-corrected chi connectivity index (χ2v) is 9.60. The van der Waals surface area contributed by atoms with Crippen molar-refractivity contribution >= 4 is 23.8 Å². The molecule has 2 aromatic heterocycles. The van der Waals surface area contributed by atoms with E-state index in [0.717, 1.165) is 54.5 Å². The molecule has 12 heteroatoms. The van der Waals surface area contributed by atoms with E-state index < -0.39 is 17.6 Å². The zero-order valence-electron chi connectivity index (χ0n) is 20.9. The van der Waals surface area contributed by atoms with Crippen molar-refractivity contribution in [2.45, 2.75) is 31.4 Å². The lowest BCUT2D eigenvalue weighted by Gasteiger charge is -2.28. The molecule has 0 radical (unpaired) electrons. The van der Waals surface area contributed by atoms with E-state index in [-0.39, 0.29) is 21.9 Å². The molecule has 2 atom stereocenters. The van der Waals surface area contributed by atoms with Gasteiger partial charge in [0.25, 0.3) is 11.7 Å². The SMILES string of the molecule is Cn1ncc2c1CCCC2C1=C2C=NC=C[N+]2(N)C(c2ccccc2C(=O)Nc2cc(C(F)(F)F)ccn2)=N1. The van der Waals surface area contributed by atoms with E-state index in [9.17, 15) is 18.0 Å². The summed E-state index contributed by atoms with van der Waals surface area (Å²) in [4.78, 5) is 26.6. The molecule has 2 aliphatic heterocycles. The number of aryl methyl sites for hydroxylation is 1. The molecule has 0 bridgehead atoms. The Morgan fingerprint density at radius 1 is 1.23 bits per heavy atom. The van der Waals surface area contributed by atoms with E-state index in [1.807, 2.05) is 17.9 Å². The van der Waals surface area contributed by atoms with Crippen LogP contribution in [-0.2, 0) is 19.6 Å². The van der Waals surface area contributed by atoms with Crippen LogP contribution < -0.4 is 11.2 Å². The number of alkyl halides is 3. The summed E-state index contributed by atoms with van der Waals surface area (Å²) in [6.07, 6.45) is 5.99. The minimum Gasteiger partial charge on any atom is -0.307 e. The fraction of sp³-hybridized carbons (Fsp3) is 0.222. The first kappa shape index (κ1) is 24.9. The summed E-state index contributed by atoms with van der Waals surface area (Å²) in [5, 5.41) is 6.94. The summed E-state index contributed by atoms with van der Waals surface area (Å²) in [5.74, 6) is 6.43. The molecule has 3 aliphatic rings. The van der Waals surface area contributed by atoms with Crippen LogP contribution >= 0.6 is 0 Å². The Labute approximate surface area is 221 Å². The van der Waals surface area contributed by atoms with Gasteiger partial charge < -0.3 is 5.32 Å². The van der Waals surface area contributed by atoms with Crippen molar-refractivity contribution in [3.63, 3.8) is 0 Å². The first-order valence-electron chi connectivity index (χ1n) is 12.3. The highest BCUT2D eigenvalue weighted by Gasteiger charge is 2.47. The molecule has 2 unspecified atom stereocenters. The fourth-order valence-electron chi connectivity index (χ4n) is 5.37. The summed E-state index contributed by atoms with van der Waals surface area (Å²) in [5.41, 5.74) is 3.40. The van der Waals surface area contributed by atoms with E-state index >= 15 is 0 Å². The van der Waals surface area contributed by atoms with Crippen molar-refractivity contribution < 1.29 is 22.6 Å². The van der Waals surface area contributed by atoms with Crippen molar-refractivity contribution in [3.05, 3.63) is 101 Å². The van der Waals surface area contributed by atoms with E-state index in [1.165, 1.54) is 0 Å². The number of benzene rings is 1. The maximum Gasteiger partial charge on any atom is 0.416 e. The van der Waals surface area contributed by atoms with Crippen LogP contribution in [0.5, 0.6) is 0 Å². The van der Waals surface area contributed by atoms with Gasteiger partial charge in [-0.05, 0) is 43.5 Å². The molecule has 1 aliphatic carbocycles. The molecule has 0 spiro atoms. The normalized spacial score (nSPS) is 22.0.